The molecule has 3 N–H and O–H groups in total. The molecule has 0 saturated heterocycles. The Kier molecular flexibility index (Phi) is 59.6. The molecule has 0 saturated carbocycles. The zero-order valence-corrected chi connectivity index (χ0v) is 59.7. The highest BCUT2D eigenvalue weighted by atomic mass is 31.2. The van der Waals surface area contributed by atoms with Crippen LogP contribution in [0.1, 0.15) is 350 Å². The van der Waals surface area contributed by atoms with E-state index < -0.39 is 97.5 Å². The van der Waals surface area contributed by atoms with Gasteiger partial charge in [-0.25, -0.2) is 9.13 Å². The highest BCUT2D eigenvalue weighted by molar-refractivity contribution is 7.47. The van der Waals surface area contributed by atoms with Crippen LogP contribution in [0.15, 0.2) is 0 Å². The number of hydrogen-bond acceptors (Lipinski definition) is 15. The van der Waals surface area contributed by atoms with Crippen LogP contribution >= 0.6 is 15.6 Å². The fraction of sp³-hybridized carbons (Fsp3) is 0.943. The minimum absolute atomic E-state index is 0.104. The van der Waals surface area contributed by atoms with E-state index in [-0.39, 0.29) is 25.7 Å². The van der Waals surface area contributed by atoms with Gasteiger partial charge in [-0.1, -0.05) is 299 Å². The van der Waals surface area contributed by atoms with Gasteiger partial charge in [0.25, 0.3) is 0 Å². The van der Waals surface area contributed by atoms with E-state index in [1.54, 1.807) is 0 Å². The first-order valence-corrected chi connectivity index (χ1v) is 39.3. The van der Waals surface area contributed by atoms with Gasteiger partial charge in [0.15, 0.2) is 12.2 Å². The van der Waals surface area contributed by atoms with Gasteiger partial charge in [0.05, 0.1) is 26.4 Å². The number of unbranched alkanes of at least 4 members (excludes halogenated alkanes) is 36. The summed E-state index contributed by atoms with van der Waals surface area (Å²) in [4.78, 5) is 72.4. The van der Waals surface area contributed by atoms with Crippen LogP contribution in [0, 0.1) is 17.8 Å². The van der Waals surface area contributed by atoms with E-state index in [9.17, 15) is 43.2 Å². The molecule has 0 aliphatic carbocycles. The lowest BCUT2D eigenvalue weighted by molar-refractivity contribution is -0.161. The Labute approximate surface area is 543 Å². The number of carbonyl (C=O) groups excluding carboxylic acids is 4. The summed E-state index contributed by atoms with van der Waals surface area (Å²) in [5.41, 5.74) is 0. The van der Waals surface area contributed by atoms with Gasteiger partial charge in [0.1, 0.15) is 19.3 Å². The van der Waals surface area contributed by atoms with E-state index >= 15 is 0 Å². The van der Waals surface area contributed by atoms with E-state index in [4.69, 9.17) is 37.0 Å². The number of aliphatic hydroxyl groups excluding tert-OH is 1. The minimum atomic E-state index is -4.95. The zero-order valence-electron chi connectivity index (χ0n) is 57.9. The van der Waals surface area contributed by atoms with Crippen molar-refractivity contribution in [3.8, 4) is 0 Å². The van der Waals surface area contributed by atoms with Gasteiger partial charge >= 0.3 is 39.5 Å². The standard InChI is InChI=1S/C70H136O17P2/c1-8-9-10-11-27-37-44-51-67(72)80-57-65(87-70(75)54-47-40-33-26-25-30-36-43-50-63(6)7)59-84-88(76,77)82-55-64(71)56-83-89(78,79)85-60-66(58-81-68(73)52-45-38-31-24-20-22-29-35-42-49-62(4)5)86-69(74)53-46-39-32-23-19-17-15-13-12-14-16-18-21-28-34-41-48-61(2)3/h61-66,71H,8-60H2,1-7H3,(H,76,77)(H,78,79)/t64-,65+,66+/m0/s1. The predicted octanol–water partition coefficient (Wildman–Crippen LogP) is 19.8. The number of rotatable bonds is 68. The first-order valence-electron chi connectivity index (χ1n) is 36.3. The zero-order chi connectivity index (χ0) is 65.9. The summed E-state index contributed by atoms with van der Waals surface area (Å²) in [6.07, 6.45) is 44.7. The maximum absolute atomic E-state index is 13.0. The van der Waals surface area contributed by atoms with Gasteiger partial charge in [-0.15, -0.1) is 0 Å². The molecule has 89 heavy (non-hydrogen) atoms. The smallest absolute Gasteiger partial charge is 0.462 e. The summed E-state index contributed by atoms with van der Waals surface area (Å²) < 4.78 is 68.1. The Morgan fingerprint density at radius 3 is 0.764 bits per heavy atom. The van der Waals surface area contributed by atoms with E-state index in [0.29, 0.717) is 25.7 Å². The largest absolute Gasteiger partial charge is 0.472 e. The highest BCUT2D eigenvalue weighted by Gasteiger charge is 2.30. The van der Waals surface area contributed by atoms with Crippen LogP contribution in [0.5, 0.6) is 0 Å². The van der Waals surface area contributed by atoms with Gasteiger partial charge in [0.2, 0.25) is 0 Å². The molecule has 0 aromatic carbocycles. The molecule has 2 unspecified atom stereocenters. The summed E-state index contributed by atoms with van der Waals surface area (Å²) in [6.45, 7) is 11.8. The van der Waals surface area contributed by atoms with Crippen molar-refractivity contribution in [2.24, 2.45) is 17.8 Å². The molecule has 528 valence electrons. The Morgan fingerprint density at radius 1 is 0.303 bits per heavy atom. The lowest BCUT2D eigenvalue weighted by atomic mass is 10.0. The van der Waals surface area contributed by atoms with E-state index in [2.05, 4.69) is 48.5 Å². The van der Waals surface area contributed by atoms with Crippen LogP contribution in [0.25, 0.3) is 0 Å². The Bertz CT molecular complexity index is 1750. The van der Waals surface area contributed by atoms with E-state index in [1.807, 2.05) is 0 Å². The van der Waals surface area contributed by atoms with Gasteiger partial charge < -0.3 is 33.8 Å². The number of aliphatic hydroxyl groups is 1. The average molecular weight is 1310 g/mol. The number of carbonyl (C=O) groups is 4. The Balaban J connectivity index is 5.18. The SMILES string of the molecule is CCCCCCCCCC(=O)OC[C@H](COP(=O)(O)OC[C@H](O)COP(=O)(O)OC[C@@H](COC(=O)CCCCCCCCCCCC(C)C)OC(=O)CCCCCCCCCCCCCCCCCCC(C)C)OC(=O)CCCCCCCCCCC(C)C. The molecule has 0 rings (SSSR count). The molecule has 17 nitrogen and oxygen atoms in total. The topological polar surface area (TPSA) is 237 Å². The number of esters is 4. The second kappa shape index (κ2) is 61.0. The molecular formula is C70H136O17P2. The van der Waals surface area contributed by atoms with Crippen LogP contribution in [0.4, 0.5) is 0 Å². The van der Waals surface area contributed by atoms with Crippen molar-refractivity contribution in [3.05, 3.63) is 0 Å². The van der Waals surface area contributed by atoms with Crippen molar-refractivity contribution >= 4 is 39.5 Å². The maximum atomic E-state index is 13.0. The van der Waals surface area contributed by atoms with Crippen molar-refractivity contribution in [2.75, 3.05) is 39.6 Å². The molecule has 0 amide bonds. The lowest BCUT2D eigenvalue weighted by Gasteiger charge is -2.21. The third-order valence-electron chi connectivity index (χ3n) is 16.1. The molecule has 0 fully saturated rings. The second-order valence-electron chi connectivity index (χ2n) is 26.7. The van der Waals surface area contributed by atoms with E-state index in [0.717, 1.165) is 120 Å². The third kappa shape index (κ3) is 64.6. The lowest BCUT2D eigenvalue weighted by Crippen LogP contribution is -2.30. The van der Waals surface area contributed by atoms with Crippen LogP contribution < -0.4 is 0 Å². The third-order valence-corrected chi connectivity index (χ3v) is 18.0. The number of phosphoric acid groups is 2. The van der Waals surface area contributed by atoms with Gasteiger partial charge in [-0.05, 0) is 43.4 Å². The maximum Gasteiger partial charge on any atom is 0.472 e. The summed E-state index contributed by atoms with van der Waals surface area (Å²) in [7, 11) is -9.89. The Hall–Kier alpha value is -1.94. The fourth-order valence-corrected chi connectivity index (χ4v) is 12.1. The van der Waals surface area contributed by atoms with Gasteiger partial charge in [-0.3, -0.25) is 37.3 Å². The molecule has 0 radical (unpaired) electrons. The first kappa shape index (κ1) is 87.1. The first-order chi connectivity index (χ1) is 42.7. The van der Waals surface area contributed by atoms with Gasteiger partial charge in [-0.2, -0.15) is 0 Å². The van der Waals surface area contributed by atoms with Crippen LogP contribution in [-0.2, 0) is 65.4 Å². The molecule has 19 heteroatoms. The molecule has 5 atom stereocenters. The van der Waals surface area contributed by atoms with Crippen molar-refractivity contribution in [3.63, 3.8) is 0 Å². The van der Waals surface area contributed by atoms with Crippen molar-refractivity contribution in [2.45, 2.75) is 369 Å². The van der Waals surface area contributed by atoms with Crippen LogP contribution in [-0.4, -0.2) is 96.7 Å². The van der Waals surface area contributed by atoms with E-state index in [1.165, 1.54) is 148 Å². The molecule has 0 aliphatic rings. The number of phosphoric ester groups is 2. The molecule has 0 spiro atoms. The van der Waals surface area contributed by atoms with Crippen molar-refractivity contribution < 1.29 is 80.2 Å². The summed E-state index contributed by atoms with van der Waals surface area (Å²) in [6, 6.07) is 0. The number of hydrogen-bond donors (Lipinski definition) is 3. The van der Waals surface area contributed by atoms with Crippen molar-refractivity contribution in [1.29, 1.82) is 0 Å². The average Bonchev–Trinajstić information content (AvgIpc) is 3.61. The summed E-state index contributed by atoms with van der Waals surface area (Å²) in [5, 5.41) is 10.6. The van der Waals surface area contributed by atoms with Crippen molar-refractivity contribution in [1.82, 2.24) is 0 Å². The van der Waals surface area contributed by atoms with Crippen LogP contribution in [0.2, 0.25) is 0 Å². The van der Waals surface area contributed by atoms with Crippen LogP contribution in [0.3, 0.4) is 0 Å². The number of ether oxygens (including phenoxy) is 4. The molecule has 0 bridgehead atoms. The molecule has 0 heterocycles. The molecule has 0 aromatic heterocycles. The monoisotopic (exact) mass is 1310 g/mol. The summed E-state index contributed by atoms with van der Waals surface area (Å²) >= 11 is 0. The fourth-order valence-electron chi connectivity index (χ4n) is 10.5. The predicted molar refractivity (Wildman–Crippen MR) is 358 cm³/mol. The van der Waals surface area contributed by atoms with Gasteiger partial charge in [0, 0.05) is 25.7 Å². The summed E-state index contributed by atoms with van der Waals surface area (Å²) in [5.74, 6) is 0.139. The highest BCUT2D eigenvalue weighted by Crippen LogP contribution is 2.45. The quantitative estimate of drug-likeness (QED) is 0.0222. The molecular weight excluding hydrogens is 1170 g/mol. The molecule has 0 aromatic rings. The Morgan fingerprint density at radius 2 is 0.517 bits per heavy atom. The second-order valence-corrected chi connectivity index (χ2v) is 29.6. The minimum Gasteiger partial charge on any atom is -0.462 e. The molecule has 0 aliphatic heterocycles. The normalized spacial score (nSPS) is 14.2.